The summed E-state index contributed by atoms with van der Waals surface area (Å²) >= 11 is 0. The molecule has 34 heavy (non-hydrogen) atoms. The molecule has 4 amide bonds. The van der Waals surface area contributed by atoms with Crippen LogP contribution in [0.25, 0.3) is 0 Å². The van der Waals surface area contributed by atoms with Crippen molar-refractivity contribution in [2.24, 2.45) is 0 Å². The molecule has 0 radical (unpaired) electrons. The number of nitrogens with zero attached hydrogens (tertiary/aromatic N) is 2. The lowest BCUT2D eigenvalue weighted by atomic mass is 9.89. The van der Waals surface area contributed by atoms with Crippen LogP contribution in [0.2, 0.25) is 0 Å². The molecular formula is C24H34N6O4. The summed E-state index contributed by atoms with van der Waals surface area (Å²) in [6, 6.07) is 6.63. The third kappa shape index (κ3) is 7.03. The minimum Gasteiger partial charge on any atom is -0.343 e. The summed E-state index contributed by atoms with van der Waals surface area (Å²) < 4.78 is 5.42. The van der Waals surface area contributed by atoms with E-state index >= 15 is 0 Å². The Kier molecular flexibility index (Phi) is 8.61. The van der Waals surface area contributed by atoms with Gasteiger partial charge in [-0.3, -0.25) is 9.59 Å². The van der Waals surface area contributed by atoms with E-state index in [9.17, 15) is 14.4 Å². The van der Waals surface area contributed by atoms with E-state index < -0.39 is 5.54 Å². The monoisotopic (exact) mass is 470 g/mol. The lowest BCUT2D eigenvalue weighted by molar-refractivity contribution is -0.121. The number of aryl methyl sites for hydroxylation is 1. The Hall–Kier alpha value is -3.43. The van der Waals surface area contributed by atoms with Gasteiger partial charge in [-0.15, -0.1) is 0 Å². The van der Waals surface area contributed by atoms with Crippen LogP contribution in [-0.4, -0.2) is 34.0 Å². The standard InChI is InChI=1S/C24H34N6O4/c1-16(2)25-23(33)27-19-11-7-6-10-18(19)26-20(32)12-13-21-28-22(30-34-21)24(29-17(3)31)14-8-4-5-9-15-24/h6-7,10-11,16H,4-5,8-9,12-15H2,1-3H3,(H,26,32)(H,29,31)(H2,25,27,33). The molecule has 0 bridgehead atoms. The molecule has 1 aliphatic carbocycles. The number of benzene rings is 1. The number of carbonyl (C=O) groups excluding carboxylic acids is 3. The fourth-order valence-corrected chi connectivity index (χ4v) is 4.18. The van der Waals surface area contributed by atoms with Crippen LogP contribution in [0.15, 0.2) is 28.8 Å². The summed E-state index contributed by atoms with van der Waals surface area (Å²) in [6.07, 6.45) is 6.11. The molecule has 3 rings (SSSR count). The Bertz CT molecular complexity index is 995. The molecule has 184 valence electrons. The molecule has 1 aromatic carbocycles. The molecule has 10 heteroatoms. The van der Waals surface area contributed by atoms with Crippen molar-refractivity contribution in [1.82, 2.24) is 20.8 Å². The Morgan fingerprint density at radius 3 is 2.29 bits per heavy atom. The number of amides is 4. The molecule has 0 unspecified atom stereocenters. The summed E-state index contributed by atoms with van der Waals surface area (Å²) in [5.41, 5.74) is 0.383. The van der Waals surface area contributed by atoms with Crippen LogP contribution >= 0.6 is 0 Å². The molecule has 1 heterocycles. The summed E-state index contributed by atoms with van der Waals surface area (Å²) in [4.78, 5) is 41.0. The zero-order valence-electron chi connectivity index (χ0n) is 20.1. The van der Waals surface area contributed by atoms with Gasteiger partial charge in [0, 0.05) is 25.8 Å². The van der Waals surface area contributed by atoms with Crippen molar-refractivity contribution < 1.29 is 18.9 Å². The van der Waals surface area contributed by atoms with Gasteiger partial charge in [0.1, 0.15) is 5.54 Å². The van der Waals surface area contributed by atoms with Gasteiger partial charge < -0.3 is 25.8 Å². The number of anilines is 2. The van der Waals surface area contributed by atoms with Gasteiger partial charge in [0.2, 0.25) is 17.7 Å². The summed E-state index contributed by atoms with van der Waals surface area (Å²) in [7, 11) is 0. The highest BCUT2D eigenvalue weighted by Gasteiger charge is 2.38. The smallest absolute Gasteiger partial charge is 0.319 e. The lowest BCUT2D eigenvalue weighted by Crippen LogP contribution is -2.45. The number of aromatic nitrogens is 2. The molecule has 2 aromatic rings. The Labute approximate surface area is 199 Å². The number of hydrogen-bond donors (Lipinski definition) is 4. The fraction of sp³-hybridized carbons (Fsp3) is 0.542. The molecule has 0 spiro atoms. The van der Waals surface area contributed by atoms with Gasteiger partial charge in [-0.1, -0.05) is 43.0 Å². The van der Waals surface area contributed by atoms with Crippen LogP contribution in [0.4, 0.5) is 16.2 Å². The molecule has 1 fully saturated rings. The Morgan fingerprint density at radius 2 is 1.68 bits per heavy atom. The van der Waals surface area contributed by atoms with Crippen LogP contribution in [0.1, 0.15) is 77.4 Å². The first-order valence-corrected chi connectivity index (χ1v) is 11.9. The number of nitrogens with one attached hydrogen (secondary N) is 4. The minimum atomic E-state index is -0.618. The second-order valence-electron chi connectivity index (χ2n) is 9.04. The summed E-state index contributed by atoms with van der Waals surface area (Å²) in [5, 5.41) is 15.5. The van der Waals surface area contributed by atoms with E-state index in [2.05, 4.69) is 31.4 Å². The number of hydrogen-bond acceptors (Lipinski definition) is 6. The molecule has 1 aliphatic rings. The van der Waals surface area contributed by atoms with E-state index in [-0.39, 0.29) is 36.7 Å². The van der Waals surface area contributed by atoms with Gasteiger partial charge in [0.25, 0.3) is 0 Å². The summed E-state index contributed by atoms with van der Waals surface area (Å²) in [6.45, 7) is 5.23. The first-order chi connectivity index (χ1) is 16.3. The van der Waals surface area contributed by atoms with Crippen LogP contribution in [0.3, 0.4) is 0 Å². The highest BCUT2D eigenvalue weighted by atomic mass is 16.5. The molecule has 1 saturated carbocycles. The molecule has 0 atom stereocenters. The highest BCUT2D eigenvalue weighted by Crippen LogP contribution is 2.34. The van der Waals surface area contributed by atoms with Crippen molar-refractivity contribution in [3.63, 3.8) is 0 Å². The normalized spacial score (nSPS) is 15.3. The Balaban J connectivity index is 1.61. The maximum absolute atomic E-state index is 12.6. The molecular weight excluding hydrogens is 436 g/mol. The Morgan fingerprint density at radius 1 is 1.03 bits per heavy atom. The van der Waals surface area contributed by atoms with Gasteiger partial charge in [-0.05, 0) is 38.8 Å². The van der Waals surface area contributed by atoms with E-state index in [0.717, 1.165) is 38.5 Å². The second-order valence-corrected chi connectivity index (χ2v) is 9.04. The number of rotatable bonds is 8. The van der Waals surface area contributed by atoms with Crippen LogP contribution in [0.5, 0.6) is 0 Å². The number of urea groups is 1. The van der Waals surface area contributed by atoms with Crippen molar-refractivity contribution >= 4 is 29.2 Å². The zero-order valence-corrected chi connectivity index (χ0v) is 20.1. The van der Waals surface area contributed by atoms with Crippen molar-refractivity contribution in [3.8, 4) is 0 Å². The van der Waals surface area contributed by atoms with E-state index in [0.29, 0.717) is 23.1 Å². The van der Waals surface area contributed by atoms with Crippen LogP contribution in [-0.2, 0) is 21.5 Å². The predicted molar refractivity (Wildman–Crippen MR) is 128 cm³/mol. The van der Waals surface area contributed by atoms with Gasteiger partial charge in [-0.25, -0.2) is 4.79 Å². The second kappa shape index (κ2) is 11.6. The van der Waals surface area contributed by atoms with Gasteiger partial charge >= 0.3 is 6.03 Å². The average Bonchev–Trinajstić information content (AvgIpc) is 3.13. The topological polar surface area (TPSA) is 138 Å². The van der Waals surface area contributed by atoms with Gasteiger partial charge in [-0.2, -0.15) is 4.98 Å². The fourth-order valence-electron chi connectivity index (χ4n) is 4.18. The summed E-state index contributed by atoms with van der Waals surface area (Å²) in [5.74, 6) is 0.457. The van der Waals surface area contributed by atoms with Gasteiger partial charge in [0.15, 0.2) is 5.82 Å². The van der Waals surface area contributed by atoms with Crippen LogP contribution < -0.4 is 21.3 Å². The highest BCUT2D eigenvalue weighted by molar-refractivity contribution is 5.99. The number of para-hydroxylation sites is 2. The van der Waals surface area contributed by atoms with E-state index in [1.165, 1.54) is 6.92 Å². The first kappa shape index (κ1) is 25.2. The predicted octanol–water partition coefficient (Wildman–Crippen LogP) is 3.86. The SMILES string of the molecule is CC(=O)NC1(c2noc(CCC(=O)Nc3ccccc3NC(=O)NC(C)C)n2)CCCCCC1. The van der Waals surface area contributed by atoms with Crippen molar-refractivity contribution in [3.05, 3.63) is 36.0 Å². The van der Waals surface area contributed by atoms with Crippen molar-refractivity contribution in [2.45, 2.75) is 83.7 Å². The lowest BCUT2D eigenvalue weighted by Gasteiger charge is -2.30. The molecule has 10 nitrogen and oxygen atoms in total. The third-order valence-corrected chi connectivity index (χ3v) is 5.70. The average molecular weight is 471 g/mol. The minimum absolute atomic E-state index is 0.0103. The number of carbonyl (C=O) groups is 3. The molecule has 0 saturated heterocycles. The first-order valence-electron chi connectivity index (χ1n) is 11.9. The van der Waals surface area contributed by atoms with Crippen molar-refractivity contribution in [1.29, 1.82) is 0 Å². The quantitative estimate of drug-likeness (QED) is 0.432. The van der Waals surface area contributed by atoms with Crippen molar-refractivity contribution in [2.75, 3.05) is 10.6 Å². The van der Waals surface area contributed by atoms with E-state index in [1.54, 1.807) is 24.3 Å². The molecule has 0 aliphatic heterocycles. The molecule has 4 N–H and O–H groups in total. The largest absolute Gasteiger partial charge is 0.343 e. The van der Waals surface area contributed by atoms with E-state index in [1.807, 2.05) is 13.8 Å². The third-order valence-electron chi connectivity index (χ3n) is 5.70. The van der Waals surface area contributed by atoms with Gasteiger partial charge in [0.05, 0.1) is 11.4 Å². The molecule has 1 aromatic heterocycles. The maximum atomic E-state index is 12.6. The van der Waals surface area contributed by atoms with E-state index in [4.69, 9.17) is 4.52 Å². The zero-order chi connectivity index (χ0) is 24.6. The van der Waals surface area contributed by atoms with Crippen LogP contribution in [0, 0.1) is 0 Å². The maximum Gasteiger partial charge on any atom is 0.319 e.